The highest BCUT2D eigenvalue weighted by atomic mass is 16.5. The highest BCUT2D eigenvalue weighted by Gasteiger charge is 2.02. The topological polar surface area (TPSA) is 86.2 Å². The van der Waals surface area contributed by atoms with Crippen LogP contribution in [0.15, 0.2) is 12.2 Å². The fraction of sp³-hybridized carbons (Fsp3) is 0.900. The monoisotopic (exact) mass is 388 g/mol. The van der Waals surface area contributed by atoms with Crippen molar-refractivity contribution >= 4 is 0 Å². The second-order valence-corrected chi connectivity index (χ2v) is 6.61. The van der Waals surface area contributed by atoms with Crippen molar-refractivity contribution in [3.8, 4) is 0 Å². The lowest BCUT2D eigenvalue weighted by atomic mass is 10.3. The molecular weight excluding hydrogens is 344 g/mol. The SMILES string of the molecule is CC/C=C\CN(CCCN)CCOCCOCCOCCN(C)CCCN. The fourth-order valence-corrected chi connectivity index (χ4v) is 2.43. The summed E-state index contributed by atoms with van der Waals surface area (Å²) in [7, 11) is 2.09. The Kier molecular flexibility index (Phi) is 21.3. The molecule has 0 aliphatic heterocycles. The maximum Gasteiger partial charge on any atom is 0.0701 e. The average molecular weight is 389 g/mol. The largest absolute Gasteiger partial charge is 0.378 e. The van der Waals surface area contributed by atoms with Gasteiger partial charge in [0.2, 0.25) is 0 Å². The van der Waals surface area contributed by atoms with Gasteiger partial charge in [-0.3, -0.25) is 4.90 Å². The first-order chi connectivity index (χ1) is 13.2. The van der Waals surface area contributed by atoms with E-state index in [9.17, 15) is 0 Å². The van der Waals surface area contributed by atoms with E-state index in [0.29, 0.717) is 26.4 Å². The Morgan fingerprint density at radius 3 is 1.85 bits per heavy atom. The Hall–Kier alpha value is -0.540. The van der Waals surface area contributed by atoms with E-state index in [1.54, 1.807) is 0 Å². The van der Waals surface area contributed by atoms with Crippen LogP contribution in [0.25, 0.3) is 0 Å². The predicted octanol–water partition coefficient (Wildman–Crippen LogP) is 0.934. The summed E-state index contributed by atoms with van der Waals surface area (Å²) in [5.74, 6) is 0. The lowest BCUT2D eigenvalue weighted by Gasteiger charge is -2.20. The first-order valence-electron chi connectivity index (χ1n) is 10.4. The summed E-state index contributed by atoms with van der Waals surface area (Å²) >= 11 is 0. The zero-order valence-electron chi connectivity index (χ0n) is 17.7. The summed E-state index contributed by atoms with van der Waals surface area (Å²) in [5.41, 5.74) is 11.1. The van der Waals surface area contributed by atoms with E-state index in [-0.39, 0.29) is 0 Å². The Morgan fingerprint density at radius 2 is 1.26 bits per heavy atom. The molecule has 7 heteroatoms. The van der Waals surface area contributed by atoms with Crippen molar-refractivity contribution in [2.45, 2.75) is 26.2 Å². The van der Waals surface area contributed by atoms with Gasteiger partial charge in [-0.1, -0.05) is 19.1 Å². The lowest BCUT2D eigenvalue weighted by molar-refractivity contribution is 0.00839. The quantitative estimate of drug-likeness (QED) is 0.223. The lowest BCUT2D eigenvalue weighted by Crippen LogP contribution is -2.30. The van der Waals surface area contributed by atoms with Crippen molar-refractivity contribution in [2.75, 3.05) is 92.5 Å². The van der Waals surface area contributed by atoms with Gasteiger partial charge in [0.15, 0.2) is 0 Å². The predicted molar refractivity (Wildman–Crippen MR) is 113 cm³/mol. The van der Waals surface area contributed by atoms with Gasteiger partial charge in [-0.05, 0) is 52.5 Å². The number of likely N-dealkylation sites (N-methyl/N-ethyl adjacent to an activating group) is 1. The van der Waals surface area contributed by atoms with E-state index in [2.05, 4.69) is 35.9 Å². The van der Waals surface area contributed by atoms with E-state index in [1.807, 2.05) is 0 Å². The Balaban J connectivity index is 3.44. The van der Waals surface area contributed by atoms with Crippen LogP contribution in [0.4, 0.5) is 0 Å². The van der Waals surface area contributed by atoms with Gasteiger partial charge >= 0.3 is 0 Å². The van der Waals surface area contributed by atoms with Crippen molar-refractivity contribution in [2.24, 2.45) is 11.5 Å². The van der Waals surface area contributed by atoms with Gasteiger partial charge in [0, 0.05) is 19.6 Å². The van der Waals surface area contributed by atoms with Gasteiger partial charge in [0.05, 0.1) is 39.6 Å². The molecule has 0 aromatic rings. The van der Waals surface area contributed by atoms with E-state index in [4.69, 9.17) is 25.7 Å². The third-order valence-corrected chi connectivity index (χ3v) is 4.10. The van der Waals surface area contributed by atoms with Crippen LogP contribution in [0.3, 0.4) is 0 Å². The maximum atomic E-state index is 5.67. The van der Waals surface area contributed by atoms with Gasteiger partial charge < -0.3 is 30.6 Å². The van der Waals surface area contributed by atoms with E-state index < -0.39 is 0 Å². The number of allylic oxidation sites excluding steroid dienone is 1. The zero-order chi connectivity index (χ0) is 20.0. The molecule has 0 radical (unpaired) electrons. The minimum Gasteiger partial charge on any atom is -0.378 e. The standard InChI is InChI=1S/C20H44N4O3/c1-3-4-5-11-24(12-7-9-22)14-16-26-18-20-27-19-17-25-15-13-23(2)10-6-8-21/h4-5H,3,6-22H2,1-2H3/b5-4-. The van der Waals surface area contributed by atoms with Crippen molar-refractivity contribution < 1.29 is 14.2 Å². The summed E-state index contributed by atoms with van der Waals surface area (Å²) in [6.45, 7) is 12.4. The maximum absolute atomic E-state index is 5.67. The third kappa shape index (κ3) is 20.0. The van der Waals surface area contributed by atoms with Gasteiger partial charge in [-0.25, -0.2) is 0 Å². The van der Waals surface area contributed by atoms with Crippen molar-refractivity contribution in [3.05, 3.63) is 12.2 Å². The van der Waals surface area contributed by atoms with E-state index >= 15 is 0 Å². The summed E-state index contributed by atoms with van der Waals surface area (Å²) in [5, 5.41) is 0. The van der Waals surface area contributed by atoms with Crippen LogP contribution >= 0.6 is 0 Å². The Morgan fingerprint density at radius 1 is 0.704 bits per heavy atom. The summed E-state index contributed by atoms with van der Waals surface area (Å²) in [6, 6.07) is 0. The van der Waals surface area contributed by atoms with Crippen LogP contribution in [-0.4, -0.2) is 102 Å². The highest BCUT2D eigenvalue weighted by molar-refractivity contribution is 4.83. The zero-order valence-corrected chi connectivity index (χ0v) is 17.7. The van der Waals surface area contributed by atoms with E-state index in [0.717, 1.165) is 78.3 Å². The summed E-state index contributed by atoms with van der Waals surface area (Å²) in [4.78, 5) is 4.61. The van der Waals surface area contributed by atoms with Crippen LogP contribution in [0.5, 0.6) is 0 Å². The second kappa shape index (κ2) is 21.8. The third-order valence-electron chi connectivity index (χ3n) is 4.10. The molecule has 0 aromatic carbocycles. The molecule has 0 rings (SSSR count). The molecule has 0 aromatic heterocycles. The molecule has 0 saturated heterocycles. The Labute approximate surface area is 167 Å². The minimum atomic E-state index is 0.609. The highest BCUT2D eigenvalue weighted by Crippen LogP contribution is 1.94. The van der Waals surface area contributed by atoms with Crippen molar-refractivity contribution in [1.29, 1.82) is 0 Å². The molecule has 7 nitrogen and oxygen atoms in total. The smallest absolute Gasteiger partial charge is 0.0701 e. The summed E-state index contributed by atoms with van der Waals surface area (Å²) in [6.07, 6.45) is 7.54. The number of ether oxygens (including phenoxy) is 3. The number of nitrogens with two attached hydrogens (primary N) is 2. The first kappa shape index (κ1) is 26.5. The number of hydrogen-bond acceptors (Lipinski definition) is 7. The molecule has 4 N–H and O–H groups in total. The summed E-state index contributed by atoms with van der Waals surface area (Å²) < 4.78 is 16.8. The molecule has 162 valence electrons. The molecule has 0 atom stereocenters. The fourth-order valence-electron chi connectivity index (χ4n) is 2.43. The molecule has 0 spiro atoms. The van der Waals surface area contributed by atoms with Crippen LogP contribution in [0.2, 0.25) is 0 Å². The van der Waals surface area contributed by atoms with Crippen molar-refractivity contribution in [1.82, 2.24) is 9.80 Å². The van der Waals surface area contributed by atoms with Gasteiger partial charge in [-0.15, -0.1) is 0 Å². The van der Waals surface area contributed by atoms with Gasteiger partial charge in [-0.2, -0.15) is 0 Å². The molecule has 0 fully saturated rings. The Bertz CT molecular complexity index is 320. The minimum absolute atomic E-state index is 0.609. The van der Waals surface area contributed by atoms with Crippen LogP contribution in [0.1, 0.15) is 26.2 Å². The molecule has 0 aliphatic rings. The molecule has 0 aliphatic carbocycles. The van der Waals surface area contributed by atoms with Crippen LogP contribution < -0.4 is 11.5 Å². The molecule has 0 amide bonds. The number of hydrogen-bond donors (Lipinski definition) is 2. The molecule has 0 heterocycles. The molecule has 0 saturated carbocycles. The number of nitrogens with zero attached hydrogens (tertiary/aromatic N) is 2. The molecule has 0 unspecified atom stereocenters. The van der Waals surface area contributed by atoms with E-state index in [1.165, 1.54) is 0 Å². The first-order valence-corrected chi connectivity index (χ1v) is 10.4. The second-order valence-electron chi connectivity index (χ2n) is 6.61. The molecule has 27 heavy (non-hydrogen) atoms. The van der Waals surface area contributed by atoms with Gasteiger partial charge in [0.1, 0.15) is 0 Å². The van der Waals surface area contributed by atoms with Crippen molar-refractivity contribution in [3.63, 3.8) is 0 Å². The van der Waals surface area contributed by atoms with Crippen LogP contribution in [-0.2, 0) is 14.2 Å². The normalized spacial score (nSPS) is 12.1. The van der Waals surface area contributed by atoms with Gasteiger partial charge in [0.25, 0.3) is 0 Å². The van der Waals surface area contributed by atoms with Crippen LogP contribution in [0, 0.1) is 0 Å². The average Bonchev–Trinajstić information content (AvgIpc) is 2.68. The molecule has 0 bridgehead atoms. The molecular formula is C20H44N4O3. The number of rotatable bonds is 21.